The summed E-state index contributed by atoms with van der Waals surface area (Å²) in [5.41, 5.74) is 2.09. The van der Waals surface area contributed by atoms with Crippen molar-refractivity contribution in [3.8, 4) is 11.6 Å². The van der Waals surface area contributed by atoms with Crippen LogP contribution in [0.3, 0.4) is 0 Å². The second-order valence-electron chi connectivity index (χ2n) is 6.28. The van der Waals surface area contributed by atoms with E-state index in [0.717, 1.165) is 31.6 Å². The third-order valence-electron chi connectivity index (χ3n) is 4.53. The third-order valence-corrected chi connectivity index (χ3v) is 4.53. The summed E-state index contributed by atoms with van der Waals surface area (Å²) < 4.78 is 6.78. The Hall–Kier alpha value is -3.42. The van der Waals surface area contributed by atoms with Crippen molar-refractivity contribution in [2.24, 2.45) is 0 Å². The highest BCUT2D eigenvalue weighted by atomic mass is 16.5. The van der Waals surface area contributed by atoms with Gasteiger partial charge in [0.15, 0.2) is 5.82 Å². The Morgan fingerprint density at radius 1 is 1.15 bits per heavy atom. The molecule has 1 aliphatic rings. The van der Waals surface area contributed by atoms with E-state index in [1.807, 2.05) is 6.20 Å². The summed E-state index contributed by atoms with van der Waals surface area (Å²) in [7, 11) is 1.59. The number of carbonyl (C=O) groups is 1. The van der Waals surface area contributed by atoms with Gasteiger partial charge < -0.3 is 15.0 Å². The fraction of sp³-hybridized carbons (Fsp3) is 0.263. The van der Waals surface area contributed by atoms with E-state index >= 15 is 0 Å². The number of hydrogen-bond acceptors (Lipinski definition) is 6. The molecule has 0 unspecified atom stereocenters. The van der Waals surface area contributed by atoms with Crippen LogP contribution in [0.25, 0.3) is 5.82 Å². The van der Waals surface area contributed by atoms with Gasteiger partial charge in [0.1, 0.15) is 17.8 Å². The Labute approximate surface area is 156 Å². The number of ether oxygens (including phenoxy) is 1. The average Bonchev–Trinajstić information content (AvgIpc) is 3.40. The molecule has 4 rings (SSSR count). The first-order valence-electron chi connectivity index (χ1n) is 8.80. The average molecular weight is 364 g/mol. The largest absolute Gasteiger partial charge is 0.497 e. The first kappa shape index (κ1) is 17.0. The lowest BCUT2D eigenvalue weighted by atomic mass is 10.2. The number of methoxy groups -OCH3 is 1. The molecule has 1 fully saturated rings. The van der Waals surface area contributed by atoms with Crippen LogP contribution in [0.5, 0.6) is 5.75 Å². The number of carbonyl (C=O) groups excluding carboxylic acids is 1. The van der Waals surface area contributed by atoms with Crippen LogP contribution >= 0.6 is 0 Å². The monoisotopic (exact) mass is 364 g/mol. The molecule has 1 saturated heterocycles. The smallest absolute Gasteiger partial charge is 0.255 e. The Kier molecular flexibility index (Phi) is 4.69. The molecular formula is C19H20N6O2. The van der Waals surface area contributed by atoms with Gasteiger partial charge in [-0.25, -0.2) is 14.6 Å². The minimum atomic E-state index is -0.209. The van der Waals surface area contributed by atoms with E-state index in [-0.39, 0.29) is 5.91 Å². The van der Waals surface area contributed by atoms with Crippen LogP contribution in [-0.4, -0.2) is 45.9 Å². The predicted molar refractivity (Wildman–Crippen MR) is 102 cm³/mol. The molecule has 1 N–H and O–H groups in total. The summed E-state index contributed by atoms with van der Waals surface area (Å²) in [6.45, 7) is 1.98. The van der Waals surface area contributed by atoms with Crippen molar-refractivity contribution in [1.29, 1.82) is 0 Å². The number of benzene rings is 1. The second kappa shape index (κ2) is 7.45. The molecule has 0 bridgehead atoms. The zero-order chi connectivity index (χ0) is 18.6. The first-order valence-corrected chi connectivity index (χ1v) is 8.80. The molecule has 8 heteroatoms. The molecule has 3 aromatic rings. The zero-order valence-electron chi connectivity index (χ0n) is 15.0. The van der Waals surface area contributed by atoms with Gasteiger partial charge in [0.25, 0.3) is 5.91 Å². The normalized spacial score (nSPS) is 13.6. The van der Waals surface area contributed by atoms with E-state index in [0.29, 0.717) is 22.8 Å². The lowest BCUT2D eigenvalue weighted by Gasteiger charge is -2.19. The summed E-state index contributed by atoms with van der Waals surface area (Å²) >= 11 is 0. The topological polar surface area (TPSA) is 85.2 Å². The van der Waals surface area contributed by atoms with Crippen LogP contribution in [0, 0.1) is 0 Å². The highest BCUT2D eigenvalue weighted by Crippen LogP contribution is 2.25. The van der Waals surface area contributed by atoms with Crippen molar-refractivity contribution >= 4 is 17.3 Å². The summed E-state index contributed by atoms with van der Waals surface area (Å²) in [5.74, 6) is 1.20. The molecule has 3 heterocycles. The molecule has 1 amide bonds. The molecule has 0 aliphatic carbocycles. The van der Waals surface area contributed by atoms with E-state index < -0.39 is 0 Å². The lowest BCUT2D eigenvalue weighted by molar-refractivity contribution is 0.102. The summed E-state index contributed by atoms with van der Waals surface area (Å²) in [4.78, 5) is 23.2. The maximum Gasteiger partial charge on any atom is 0.255 e. The number of hydrogen-bond donors (Lipinski definition) is 1. The Morgan fingerprint density at radius 3 is 2.67 bits per heavy atom. The van der Waals surface area contributed by atoms with Crippen molar-refractivity contribution in [3.05, 3.63) is 54.7 Å². The van der Waals surface area contributed by atoms with Crippen LogP contribution in [0.4, 0.5) is 11.4 Å². The van der Waals surface area contributed by atoms with Crippen molar-refractivity contribution in [2.45, 2.75) is 12.8 Å². The molecule has 0 radical (unpaired) electrons. The van der Waals surface area contributed by atoms with Crippen molar-refractivity contribution in [1.82, 2.24) is 19.7 Å². The van der Waals surface area contributed by atoms with Gasteiger partial charge in [0.2, 0.25) is 0 Å². The second-order valence-corrected chi connectivity index (χ2v) is 6.28. The quantitative estimate of drug-likeness (QED) is 0.749. The molecule has 0 atom stereocenters. The maximum absolute atomic E-state index is 12.4. The van der Waals surface area contributed by atoms with Crippen LogP contribution < -0.4 is 15.0 Å². The van der Waals surface area contributed by atoms with Gasteiger partial charge in [0.05, 0.1) is 31.4 Å². The van der Waals surface area contributed by atoms with Gasteiger partial charge in [-0.15, -0.1) is 0 Å². The predicted octanol–water partition coefficient (Wildman–Crippen LogP) is 2.52. The molecule has 1 aromatic carbocycles. The summed E-state index contributed by atoms with van der Waals surface area (Å²) in [6.07, 6.45) is 9.00. The molecule has 0 saturated carbocycles. The molecule has 1 aliphatic heterocycles. The highest BCUT2D eigenvalue weighted by Gasteiger charge is 2.18. The van der Waals surface area contributed by atoms with Crippen LogP contribution in [0.2, 0.25) is 0 Å². The Bertz CT molecular complexity index is 931. The van der Waals surface area contributed by atoms with Gasteiger partial charge in [-0.05, 0) is 37.1 Å². The number of rotatable bonds is 5. The molecular weight excluding hydrogens is 344 g/mol. The molecule has 2 aromatic heterocycles. The van der Waals surface area contributed by atoms with Gasteiger partial charge in [0, 0.05) is 18.7 Å². The van der Waals surface area contributed by atoms with E-state index in [1.54, 1.807) is 48.5 Å². The van der Waals surface area contributed by atoms with Crippen molar-refractivity contribution in [3.63, 3.8) is 0 Å². The number of nitrogens with one attached hydrogen (secondary N) is 1. The first-order chi connectivity index (χ1) is 13.2. The standard InChI is InChI=1S/C19H20N6O2/c1-27-16-6-4-14(5-7-16)19(26)23-15-10-22-25(12-15)18-17(11-20-13-21-18)24-8-2-3-9-24/h4-7,10-13H,2-3,8-9H2,1H3,(H,23,26). The summed E-state index contributed by atoms with van der Waals surface area (Å²) in [6, 6.07) is 6.94. The molecule has 138 valence electrons. The molecule has 8 nitrogen and oxygen atoms in total. The van der Waals surface area contributed by atoms with Crippen LogP contribution in [-0.2, 0) is 0 Å². The summed E-state index contributed by atoms with van der Waals surface area (Å²) in [5, 5.41) is 7.21. The molecule has 27 heavy (non-hydrogen) atoms. The van der Waals surface area contributed by atoms with Crippen molar-refractivity contribution < 1.29 is 9.53 Å². The minimum Gasteiger partial charge on any atom is -0.497 e. The van der Waals surface area contributed by atoms with E-state index in [4.69, 9.17) is 4.74 Å². The molecule has 0 spiro atoms. The van der Waals surface area contributed by atoms with Gasteiger partial charge in [-0.2, -0.15) is 5.10 Å². The minimum absolute atomic E-state index is 0.209. The van der Waals surface area contributed by atoms with Gasteiger partial charge in [-0.3, -0.25) is 4.79 Å². The zero-order valence-corrected chi connectivity index (χ0v) is 15.0. The fourth-order valence-corrected chi connectivity index (χ4v) is 3.12. The van der Waals surface area contributed by atoms with E-state index in [9.17, 15) is 4.79 Å². The number of amides is 1. The lowest BCUT2D eigenvalue weighted by Crippen LogP contribution is -2.20. The number of anilines is 2. The van der Waals surface area contributed by atoms with Crippen molar-refractivity contribution in [2.75, 3.05) is 30.4 Å². The highest BCUT2D eigenvalue weighted by molar-refractivity contribution is 6.04. The Balaban J connectivity index is 1.53. The SMILES string of the molecule is COc1ccc(C(=O)Nc2cnn(-c3ncncc3N3CCCC3)c2)cc1. The fourth-order valence-electron chi connectivity index (χ4n) is 3.12. The Morgan fingerprint density at radius 2 is 1.93 bits per heavy atom. The van der Waals surface area contributed by atoms with Gasteiger partial charge in [-0.1, -0.05) is 0 Å². The van der Waals surface area contributed by atoms with E-state index in [1.165, 1.54) is 6.33 Å². The van der Waals surface area contributed by atoms with Crippen LogP contribution in [0.15, 0.2) is 49.2 Å². The number of aromatic nitrogens is 4. The maximum atomic E-state index is 12.4. The number of nitrogens with zero attached hydrogens (tertiary/aromatic N) is 5. The van der Waals surface area contributed by atoms with Gasteiger partial charge >= 0.3 is 0 Å². The van der Waals surface area contributed by atoms with Crippen LogP contribution in [0.1, 0.15) is 23.2 Å². The third kappa shape index (κ3) is 3.59. The van der Waals surface area contributed by atoms with E-state index in [2.05, 4.69) is 25.3 Å².